The van der Waals surface area contributed by atoms with E-state index in [1.54, 1.807) is 12.0 Å². The molecular formula is C29H45N3O4S. The molecule has 0 bridgehead atoms. The molecule has 0 radical (unpaired) electrons. The van der Waals surface area contributed by atoms with Gasteiger partial charge in [0.25, 0.3) is 0 Å². The Kier molecular flexibility index (Phi) is 11.0. The van der Waals surface area contributed by atoms with Gasteiger partial charge in [-0.25, -0.2) is 4.79 Å². The normalized spacial score (nSPS) is 18.1. The van der Waals surface area contributed by atoms with Crippen LogP contribution in [-0.4, -0.2) is 53.7 Å². The van der Waals surface area contributed by atoms with Gasteiger partial charge in [0.05, 0.1) is 18.1 Å². The van der Waals surface area contributed by atoms with E-state index in [1.165, 1.54) is 32.1 Å². The molecule has 1 aromatic carbocycles. The summed E-state index contributed by atoms with van der Waals surface area (Å²) >= 11 is 5.79. The van der Waals surface area contributed by atoms with E-state index in [0.29, 0.717) is 37.5 Å². The molecule has 1 aromatic rings. The Bertz CT molecular complexity index is 885. The molecule has 2 N–H and O–H groups in total. The number of likely N-dealkylation sites (tertiary alicyclic amines) is 1. The largest absolute Gasteiger partial charge is 0.497 e. The molecule has 0 aromatic heterocycles. The van der Waals surface area contributed by atoms with E-state index in [2.05, 4.69) is 10.6 Å². The summed E-state index contributed by atoms with van der Waals surface area (Å²) in [5, 5.41) is 6.65. The Hall–Kier alpha value is -2.35. The summed E-state index contributed by atoms with van der Waals surface area (Å²) in [6.07, 6.45) is 9.37. The SMILES string of the molecule is COc1ccc(CNC(=S)[C@@H](CCC2CCCCC2)NC(=O)C2CCN(C(=O)OC(C)(C)C)CC2)cc1. The highest BCUT2D eigenvalue weighted by atomic mass is 32.1. The molecule has 1 aliphatic heterocycles. The van der Waals surface area contributed by atoms with Crippen LogP contribution in [0.2, 0.25) is 0 Å². The number of piperidine rings is 1. The molecule has 2 fully saturated rings. The number of rotatable bonds is 9. The Labute approximate surface area is 228 Å². The number of nitrogens with one attached hydrogen (secondary N) is 2. The Morgan fingerprint density at radius 2 is 1.70 bits per heavy atom. The van der Waals surface area contributed by atoms with Gasteiger partial charge < -0.3 is 25.0 Å². The Morgan fingerprint density at radius 3 is 2.30 bits per heavy atom. The number of hydrogen-bond acceptors (Lipinski definition) is 5. The average molecular weight is 532 g/mol. The number of methoxy groups -OCH3 is 1. The highest BCUT2D eigenvalue weighted by molar-refractivity contribution is 7.80. The van der Waals surface area contributed by atoms with E-state index < -0.39 is 5.60 Å². The van der Waals surface area contributed by atoms with Crippen molar-refractivity contribution in [2.75, 3.05) is 20.2 Å². The minimum Gasteiger partial charge on any atom is -0.497 e. The number of nitrogens with zero attached hydrogens (tertiary/aromatic N) is 1. The van der Waals surface area contributed by atoms with Gasteiger partial charge in [0.1, 0.15) is 11.4 Å². The third-order valence-electron chi connectivity index (χ3n) is 7.36. The van der Waals surface area contributed by atoms with Crippen molar-refractivity contribution in [3.8, 4) is 5.75 Å². The fraction of sp³-hybridized carbons (Fsp3) is 0.690. The van der Waals surface area contributed by atoms with Crippen LogP contribution in [0.4, 0.5) is 4.79 Å². The van der Waals surface area contributed by atoms with Gasteiger partial charge in [-0.2, -0.15) is 0 Å². The smallest absolute Gasteiger partial charge is 0.410 e. The van der Waals surface area contributed by atoms with Crippen LogP contribution in [0, 0.1) is 11.8 Å². The topological polar surface area (TPSA) is 79.9 Å². The van der Waals surface area contributed by atoms with Gasteiger partial charge in [-0.1, -0.05) is 56.5 Å². The van der Waals surface area contributed by atoms with Crippen molar-refractivity contribution in [3.05, 3.63) is 29.8 Å². The van der Waals surface area contributed by atoms with Gasteiger partial charge >= 0.3 is 6.09 Å². The summed E-state index contributed by atoms with van der Waals surface area (Å²) in [4.78, 5) is 28.0. The first-order valence-electron chi connectivity index (χ1n) is 13.8. The van der Waals surface area contributed by atoms with E-state index in [4.69, 9.17) is 21.7 Å². The van der Waals surface area contributed by atoms with Crippen LogP contribution in [0.25, 0.3) is 0 Å². The van der Waals surface area contributed by atoms with Crippen LogP contribution in [0.1, 0.15) is 84.1 Å². The van der Waals surface area contributed by atoms with Gasteiger partial charge in [0.15, 0.2) is 0 Å². The standard InChI is InChI=1S/C29H45N3O4S/c1-29(2,3)36-28(34)32-18-16-23(17-19-32)26(33)31-25(15-12-21-8-6-5-7-9-21)27(37)30-20-22-10-13-24(35-4)14-11-22/h10-11,13-14,21,23,25H,5-9,12,15-20H2,1-4H3,(H,30,37)(H,31,33)/t25-/m1/s1. The van der Waals surface area contributed by atoms with Gasteiger partial charge in [0, 0.05) is 25.6 Å². The molecular weight excluding hydrogens is 486 g/mol. The fourth-order valence-electron chi connectivity index (χ4n) is 5.14. The molecule has 2 aliphatic rings. The first-order valence-corrected chi connectivity index (χ1v) is 14.2. The summed E-state index contributed by atoms with van der Waals surface area (Å²) in [6.45, 7) is 7.26. The molecule has 2 amide bonds. The summed E-state index contributed by atoms with van der Waals surface area (Å²) < 4.78 is 10.7. The number of amides is 2. The Morgan fingerprint density at radius 1 is 1.05 bits per heavy atom. The van der Waals surface area contributed by atoms with Crippen molar-refractivity contribution in [1.29, 1.82) is 0 Å². The van der Waals surface area contributed by atoms with Gasteiger partial charge in [-0.3, -0.25) is 4.79 Å². The van der Waals surface area contributed by atoms with Crippen LogP contribution in [0.5, 0.6) is 5.75 Å². The third-order valence-corrected chi connectivity index (χ3v) is 7.79. The third kappa shape index (κ3) is 9.80. The lowest BCUT2D eigenvalue weighted by Gasteiger charge is -2.33. The van der Waals surface area contributed by atoms with Gasteiger partial charge in [-0.05, 0) is 70.1 Å². The number of thiocarbonyl (C=S) groups is 1. The molecule has 1 aliphatic carbocycles. The summed E-state index contributed by atoms with van der Waals surface area (Å²) in [6, 6.07) is 7.72. The second-order valence-electron chi connectivity index (χ2n) is 11.5. The van der Waals surface area contributed by atoms with Crippen LogP contribution < -0.4 is 15.4 Å². The predicted octanol–water partition coefficient (Wildman–Crippen LogP) is 5.60. The maximum absolute atomic E-state index is 13.3. The van der Waals surface area contributed by atoms with Crippen molar-refractivity contribution < 1.29 is 19.1 Å². The highest BCUT2D eigenvalue weighted by Crippen LogP contribution is 2.28. The van der Waals surface area contributed by atoms with Crippen LogP contribution in [-0.2, 0) is 16.1 Å². The fourth-order valence-corrected chi connectivity index (χ4v) is 5.39. The van der Waals surface area contributed by atoms with Crippen molar-refractivity contribution in [1.82, 2.24) is 15.5 Å². The van der Waals surface area contributed by atoms with Gasteiger partial charge in [0.2, 0.25) is 5.91 Å². The minimum atomic E-state index is -0.522. The number of ether oxygens (including phenoxy) is 2. The number of hydrogen-bond donors (Lipinski definition) is 2. The molecule has 37 heavy (non-hydrogen) atoms. The molecule has 3 rings (SSSR count). The lowest BCUT2D eigenvalue weighted by atomic mass is 9.85. The minimum absolute atomic E-state index is 0.0334. The summed E-state index contributed by atoms with van der Waals surface area (Å²) in [7, 11) is 1.66. The van der Waals surface area contributed by atoms with E-state index in [9.17, 15) is 9.59 Å². The quantitative estimate of drug-likeness (QED) is 0.404. The van der Waals surface area contributed by atoms with Crippen LogP contribution in [0.3, 0.4) is 0 Å². The summed E-state index contributed by atoms with van der Waals surface area (Å²) in [5.74, 6) is 1.45. The molecule has 206 valence electrons. The van der Waals surface area contributed by atoms with Crippen molar-refractivity contribution in [3.63, 3.8) is 0 Å². The monoisotopic (exact) mass is 531 g/mol. The summed E-state index contributed by atoms with van der Waals surface area (Å²) in [5.41, 5.74) is 0.584. The van der Waals surface area contributed by atoms with Crippen LogP contribution in [0.15, 0.2) is 24.3 Å². The second kappa shape index (κ2) is 14.0. The Balaban J connectivity index is 1.54. The van der Waals surface area contributed by atoms with Crippen molar-refractivity contribution in [2.24, 2.45) is 11.8 Å². The number of carbonyl (C=O) groups excluding carboxylic acids is 2. The molecule has 8 heteroatoms. The molecule has 1 saturated heterocycles. The maximum atomic E-state index is 13.3. The zero-order chi connectivity index (χ0) is 26.8. The van der Waals surface area contributed by atoms with E-state index in [0.717, 1.165) is 30.1 Å². The predicted molar refractivity (Wildman–Crippen MR) is 151 cm³/mol. The average Bonchev–Trinajstić information content (AvgIpc) is 2.89. The molecule has 0 unspecified atom stereocenters. The molecule has 1 atom stereocenters. The second-order valence-corrected chi connectivity index (χ2v) is 11.9. The zero-order valence-electron chi connectivity index (χ0n) is 23.0. The molecule has 1 saturated carbocycles. The van der Waals surface area contributed by atoms with E-state index in [-0.39, 0.29) is 24.0 Å². The lowest BCUT2D eigenvalue weighted by molar-refractivity contribution is -0.126. The number of benzene rings is 1. The lowest BCUT2D eigenvalue weighted by Crippen LogP contribution is -2.50. The molecule has 7 nitrogen and oxygen atoms in total. The molecule has 1 heterocycles. The van der Waals surface area contributed by atoms with Crippen molar-refractivity contribution in [2.45, 2.75) is 96.7 Å². The van der Waals surface area contributed by atoms with Crippen molar-refractivity contribution >= 4 is 29.2 Å². The van der Waals surface area contributed by atoms with E-state index in [1.807, 2.05) is 45.0 Å². The van der Waals surface area contributed by atoms with Gasteiger partial charge in [-0.15, -0.1) is 0 Å². The van der Waals surface area contributed by atoms with E-state index >= 15 is 0 Å². The molecule has 0 spiro atoms. The van der Waals surface area contributed by atoms with Crippen LogP contribution >= 0.6 is 12.2 Å². The zero-order valence-corrected chi connectivity index (χ0v) is 23.8. The number of carbonyl (C=O) groups is 2. The highest BCUT2D eigenvalue weighted by Gasteiger charge is 2.31. The first kappa shape index (κ1) is 29.2. The maximum Gasteiger partial charge on any atom is 0.410 e. The first-order chi connectivity index (χ1) is 17.6.